The van der Waals surface area contributed by atoms with E-state index in [1.165, 1.54) is 31.2 Å². The molecule has 0 radical (unpaired) electrons. The number of benzene rings is 2. The van der Waals surface area contributed by atoms with Crippen LogP contribution in [0.1, 0.15) is 49.9 Å². The molecule has 0 aliphatic carbocycles. The number of ether oxygens (including phenoxy) is 1. The fourth-order valence-corrected chi connectivity index (χ4v) is 3.13. The molecule has 0 saturated heterocycles. The summed E-state index contributed by atoms with van der Waals surface area (Å²) >= 11 is 0. The molecule has 178 valence electrons. The van der Waals surface area contributed by atoms with Gasteiger partial charge in [-0.25, -0.2) is 4.79 Å². The molecule has 2 aromatic rings. The van der Waals surface area contributed by atoms with Crippen LogP contribution in [0.4, 0.5) is 32.0 Å². The molecule has 0 heterocycles. The summed E-state index contributed by atoms with van der Waals surface area (Å²) in [6.45, 7) is 5.56. The van der Waals surface area contributed by atoms with Crippen LogP contribution >= 0.6 is 0 Å². The normalized spacial score (nSPS) is 13.2. The minimum atomic E-state index is -4.88. The molecule has 0 spiro atoms. The largest absolute Gasteiger partial charge is 0.458 e. The minimum Gasteiger partial charge on any atom is -0.458 e. The van der Waals surface area contributed by atoms with Gasteiger partial charge in [-0.15, -0.1) is 0 Å². The quantitative estimate of drug-likeness (QED) is 0.377. The summed E-state index contributed by atoms with van der Waals surface area (Å²) in [4.78, 5) is 13.8. The number of nitriles is 1. The van der Waals surface area contributed by atoms with Crippen LogP contribution in [0.2, 0.25) is 0 Å². The lowest BCUT2D eigenvalue weighted by Crippen LogP contribution is -2.42. The lowest BCUT2D eigenvalue weighted by Gasteiger charge is -2.33. The van der Waals surface area contributed by atoms with E-state index < -0.39 is 53.2 Å². The van der Waals surface area contributed by atoms with Gasteiger partial charge in [0, 0.05) is 12.2 Å². The van der Waals surface area contributed by atoms with Gasteiger partial charge in [-0.1, -0.05) is 18.2 Å². The molecule has 10 heteroatoms. The summed E-state index contributed by atoms with van der Waals surface area (Å²) in [5.74, 6) is -0.829. The van der Waals surface area contributed by atoms with E-state index in [4.69, 9.17) is 10.00 Å². The number of carbonyl (C=O) groups excluding carboxylic acids is 1. The summed E-state index contributed by atoms with van der Waals surface area (Å²) in [7, 11) is 0. The molecule has 0 saturated carbocycles. The first kappa shape index (κ1) is 26.0. The van der Waals surface area contributed by atoms with Crippen LogP contribution in [0.25, 0.3) is 0 Å². The topological polar surface area (TPSA) is 53.3 Å². The van der Waals surface area contributed by atoms with Gasteiger partial charge in [0.25, 0.3) is 0 Å². The molecule has 2 aromatic carbocycles. The summed E-state index contributed by atoms with van der Waals surface area (Å²) in [6.07, 6.45) is -9.59. The summed E-state index contributed by atoms with van der Waals surface area (Å²) in [6, 6.07) is 7.53. The smallest absolute Gasteiger partial charge is 0.417 e. The number of rotatable bonds is 5. The van der Waals surface area contributed by atoms with E-state index in [0.717, 1.165) is 23.1 Å². The van der Waals surface area contributed by atoms with Crippen molar-refractivity contribution in [2.75, 3.05) is 4.90 Å². The van der Waals surface area contributed by atoms with Gasteiger partial charge in [0.15, 0.2) is 0 Å². The fraction of sp³-hybridized carbons (Fsp3) is 0.391. The zero-order valence-corrected chi connectivity index (χ0v) is 18.3. The second kappa shape index (κ2) is 9.33. The Kier molecular flexibility index (Phi) is 7.36. The monoisotopic (exact) mass is 472 g/mol. The van der Waals surface area contributed by atoms with Crippen molar-refractivity contribution in [2.45, 2.75) is 58.2 Å². The molecule has 0 aliphatic heterocycles. The maximum absolute atomic E-state index is 13.5. The van der Waals surface area contributed by atoms with Gasteiger partial charge in [0.2, 0.25) is 0 Å². The minimum absolute atomic E-state index is 0.184. The van der Waals surface area contributed by atoms with Gasteiger partial charge < -0.3 is 9.64 Å². The summed E-state index contributed by atoms with van der Waals surface area (Å²) in [5.41, 5.74) is -4.23. The molecular weight excluding hydrogens is 450 g/mol. The van der Waals surface area contributed by atoms with Gasteiger partial charge >= 0.3 is 18.3 Å². The maximum Gasteiger partial charge on any atom is 0.417 e. The second-order valence-corrected chi connectivity index (χ2v) is 8.33. The Morgan fingerprint density at radius 1 is 1.00 bits per heavy atom. The third kappa shape index (κ3) is 6.63. The van der Waals surface area contributed by atoms with Crippen molar-refractivity contribution in [2.24, 2.45) is 0 Å². The van der Waals surface area contributed by atoms with E-state index in [0.29, 0.717) is 6.07 Å². The highest BCUT2D eigenvalue weighted by Crippen LogP contribution is 2.37. The lowest BCUT2D eigenvalue weighted by molar-refractivity contribution is -0.156. The van der Waals surface area contributed by atoms with Crippen LogP contribution in [-0.4, -0.2) is 17.6 Å². The highest BCUT2D eigenvalue weighted by molar-refractivity contribution is 5.80. The molecule has 0 fully saturated rings. The highest BCUT2D eigenvalue weighted by atomic mass is 19.4. The molecule has 0 aliphatic rings. The number of hydrogen-bond acceptors (Lipinski definition) is 4. The zero-order chi connectivity index (χ0) is 25.2. The molecular formula is C23H22F6N2O2. The third-order valence-electron chi connectivity index (χ3n) is 4.64. The van der Waals surface area contributed by atoms with Crippen LogP contribution in [-0.2, 0) is 28.4 Å². The average molecular weight is 472 g/mol. The molecule has 0 N–H and O–H groups in total. The van der Waals surface area contributed by atoms with Crippen LogP contribution in [0.5, 0.6) is 0 Å². The van der Waals surface area contributed by atoms with E-state index in [-0.39, 0.29) is 11.3 Å². The van der Waals surface area contributed by atoms with E-state index in [9.17, 15) is 31.1 Å². The third-order valence-corrected chi connectivity index (χ3v) is 4.64. The number of esters is 1. The maximum atomic E-state index is 13.5. The van der Waals surface area contributed by atoms with Gasteiger partial charge in [0.1, 0.15) is 11.6 Å². The number of hydrogen-bond donors (Lipinski definition) is 0. The van der Waals surface area contributed by atoms with Crippen LogP contribution in [0.3, 0.4) is 0 Å². The number of alkyl halides is 6. The Balaban J connectivity index is 2.63. The van der Waals surface area contributed by atoms with Crippen molar-refractivity contribution in [3.63, 3.8) is 0 Å². The Bertz CT molecular complexity index is 1050. The van der Waals surface area contributed by atoms with Crippen molar-refractivity contribution in [3.8, 4) is 6.07 Å². The number of halogens is 6. The summed E-state index contributed by atoms with van der Waals surface area (Å²) < 4.78 is 86.3. The van der Waals surface area contributed by atoms with Crippen LogP contribution in [0.15, 0.2) is 42.5 Å². The number of anilines is 1. The zero-order valence-electron chi connectivity index (χ0n) is 18.3. The Labute approximate surface area is 187 Å². The average Bonchev–Trinajstić information content (AvgIpc) is 2.68. The van der Waals surface area contributed by atoms with Gasteiger partial charge in [0.05, 0.1) is 22.8 Å². The Morgan fingerprint density at radius 2 is 1.58 bits per heavy atom. The predicted molar refractivity (Wildman–Crippen MR) is 109 cm³/mol. The number of nitrogens with zero attached hydrogens (tertiary/aromatic N) is 2. The summed E-state index contributed by atoms with van der Waals surface area (Å²) in [5, 5.41) is 9.03. The Hall–Kier alpha value is -3.22. The molecule has 0 aromatic heterocycles. The fourth-order valence-electron chi connectivity index (χ4n) is 3.13. The van der Waals surface area contributed by atoms with Crippen LogP contribution < -0.4 is 4.90 Å². The molecule has 2 rings (SSSR count). The van der Waals surface area contributed by atoms with E-state index >= 15 is 0 Å². The SMILES string of the molecule is CC(C(=O)OC(C)(C)C)N(Cc1ccccc1C(F)(F)F)c1ccc(C#N)c(C(F)(F)F)c1. The highest BCUT2D eigenvalue weighted by Gasteiger charge is 2.37. The van der Waals surface area contributed by atoms with E-state index in [2.05, 4.69) is 0 Å². The Morgan fingerprint density at radius 3 is 2.09 bits per heavy atom. The first-order valence-corrected chi connectivity index (χ1v) is 9.80. The van der Waals surface area contributed by atoms with Crippen molar-refractivity contribution in [1.29, 1.82) is 5.26 Å². The van der Waals surface area contributed by atoms with Crippen LogP contribution in [0, 0.1) is 11.3 Å². The van der Waals surface area contributed by atoms with Gasteiger partial charge in [-0.2, -0.15) is 31.6 Å². The van der Waals surface area contributed by atoms with Crippen molar-refractivity contribution in [1.82, 2.24) is 0 Å². The molecule has 4 nitrogen and oxygen atoms in total. The molecule has 1 unspecified atom stereocenters. The standard InChI is InChI=1S/C23H22F6N2O2/c1-14(20(32)33-21(2,3)4)31(13-16-7-5-6-8-18(16)22(24,25)26)17-10-9-15(12-30)19(11-17)23(27,28)29/h5-11,14H,13H2,1-4H3. The second-order valence-electron chi connectivity index (χ2n) is 8.33. The van der Waals surface area contributed by atoms with Crippen molar-refractivity contribution in [3.05, 3.63) is 64.7 Å². The van der Waals surface area contributed by atoms with E-state index in [1.54, 1.807) is 20.8 Å². The van der Waals surface area contributed by atoms with Gasteiger partial charge in [-0.05, 0) is 57.5 Å². The van der Waals surface area contributed by atoms with Crippen molar-refractivity contribution >= 4 is 11.7 Å². The molecule has 0 amide bonds. The first-order valence-electron chi connectivity index (χ1n) is 9.80. The molecule has 33 heavy (non-hydrogen) atoms. The van der Waals surface area contributed by atoms with E-state index in [1.807, 2.05) is 0 Å². The lowest BCUT2D eigenvalue weighted by atomic mass is 10.0. The van der Waals surface area contributed by atoms with Gasteiger partial charge in [-0.3, -0.25) is 0 Å². The number of carbonyl (C=O) groups is 1. The van der Waals surface area contributed by atoms with Crippen molar-refractivity contribution < 1.29 is 35.9 Å². The molecule has 0 bridgehead atoms. The first-order chi connectivity index (χ1) is 15.0. The predicted octanol–water partition coefficient (Wildman–Crippen LogP) is 6.33. The molecule has 1 atom stereocenters.